The second-order valence-electron chi connectivity index (χ2n) is 6.64. The fraction of sp³-hybridized carbons (Fsp3) is 0.238. The zero-order valence-electron chi connectivity index (χ0n) is 16.0. The molecule has 0 aromatic heterocycles. The van der Waals surface area contributed by atoms with Crippen LogP contribution in [0.5, 0.6) is 11.5 Å². The Labute approximate surface area is 171 Å². The molecule has 0 aliphatic carbocycles. The van der Waals surface area contributed by atoms with E-state index in [0.29, 0.717) is 16.9 Å². The van der Waals surface area contributed by atoms with Gasteiger partial charge < -0.3 is 18.9 Å². The molecular formula is C21H18ClFO6. The number of ether oxygens (including phenoxy) is 4. The first-order chi connectivity index (χ1) is 13.7. The van der Waals surface area contributed by atoms with Crippen LogP contribution in [-0.4, -0.2) is 24.8 Å². The first-order valence-corrected chi connectivity index (χ1v) is 9.00. The van der Waals surface area contributed by atoms with Crippen molar-refractivity contribution in [1.29, 1.82) is 0 Å². The molecule has 0 N–H and O–H groups in total. The molecule has 1 saturated heterocycles. The predicted molar refractivity (Wildman–Crippen MR) is 103 cm³/mol. The Kier molecular flexibility index (Phi) is 5.79. The number of benzene rings is 2. The quantitative estimate of drug-likeness (QED) is 0.408. The molecule has 3 rings (SSSR count). The number of hydrogen-bond acceptors (Lipinski definition) is 6. The summed E-state index contributed by atoms with van der Waals surface area (Å²) < 4.78 is 34.6. The normalized spacial score (nSPS) is 15.4. The molecule has 0 spiro atoms. The van der Waals surface area contributed by atoms with E-state index in [2.05, 4.69) is 0 Å². The molecule has 1 fully saturated rings. The average Bonchev–Trinajstić information content (AvgIpc) is 2.63. The van der Waals surface area contributed by atoms with E-state index in [9.17, 15) is 14.0 Å². The predicted octanol–water partition coefficient (Wildman–Crippen LogP) is 4.29. The summed E-state index contributed by atoms with van der Waals surface area (Å²) in [7, 11) is 1.45. The molecule has 1 aliphatic heterocycles. The maximum Gasteiger partial charge on any atom is 0.348 e. The number of hydrogen-bond donors (Lipinski definition) is 0. The molecule has 0 bridgehead atoms. The summed E-state index contributed by atoms with van der Waals surface area (Å²) in [6, 6.07) is 8.92. The largest absolute Gasteiger partial charge is 0.493 e. The molecule has 0 unspecified atom stereocenters. The first-order valence-electron chi connectivity index (χ1n) is 8.62. The summed E-state index contributed by atoms with van der Waals surface area (Å²) in [5.74, 6) is -2.76. The van der Waals surface area contributed by atoms with Crippen LogP contribution in [0, 0.1) is 5.82 Å². The number of carbonyl (C=O) groups excluding carboxylic acids is 2. The van der Waals surface area contributed by atoms with Crippen molar-refractivity contribution in [3.05, 3.63) is 63.9 Å². The number of para-hydroxylation sites is 1. The highest BCUT2D eigenvalue weighted by Crippen LogP contribution is 2.35. The summed E-state index contributed by atoms with van der Waals surface area (Å²) >= 11 is 6.04. The lowest BCUT2D eigenvalue weighted by molar-refractivity contribution is -0.222. The van der Waals surface area contributed by atoms with Gasteiger partial charge in [-0.3, -0.25) is 0 Å². The van der Waals surface area contributed by atoms with Crippen molar-refractivity contribution in [3.8, 4) is 11.5 Å². The molecular weight excluding hydrogens is 403 g/mol. The Morgan fingerprint density at radius 1 is 1.14 bits per heavy atom. The van der Waals surface area contributed by atoms with E-state index in [4.69, 9.17) is 30.5 Å². The fourth-order valence-corrected chi connectivity index (χ4v) is 2.91. The van der Waals surface area contributed by atoms with E-state index >= 15 is 0 Å². The standard InChI is InChI=1S/C21H18ClFO6/c1-21(2)28-19(24)15(20(25)29-21)9-12-5-4-6-17(26-3)18(12)27-11-13-7-8-14(23)10-16(13)22/h4-10H,11H2,1-3H3. The number of halogens is 2. The summed E-state index contributed by atoms with van der Waals surface area (Å²) in [5, 5.41) is 0.210. The van der Waals surface area contributed by atoms with E-state index in [1.54, 1.807) is 18.2 Å². The number of esters is 2. The van der Waals surface area contributed by atoms with Crippen molar-refractivity contribution in [2.24, 2.45) is 0 Å². The van der Waals surface area contributed by atoms with Gasteiger partial charge in [0.15, 0.2) is 11.5 Å². The minimum Gasteiger partial charge on any atom is -0.493 e. The third-order valence-corrected chi connectivity index (χ3v) is 4.38. The van der Waals surface area contributed by atoms with Gasteiger partial charge in [-0.2, -0.15) is 0 Å². The van der Waals surface area contributed by atoms with Gasteiger partial charge in [0.05, 0.1) is 12.1 Å². The van der Waals surface area contributed by atoms with Crippen LogP contribution in [0.15, 0.2) is 42.0 Å². The van der Waals surface area contributed by atoms with Crippen LogP contribution in [0.3, 0.4) is 0 Å². The molecule has 1 aliphatic rings. The summed E-state index contributed by atoms with van der Waals surface area (Å²) in [6.07, 6.45) is 1.31. The first kappa shape index (κ1) is 20.7. The SMILES string of the molecule is COc1cccc(C=C2C(=O)OC(C)(C)OC2=O)c1OCc1ccc(F)cc1Cl. The van der Waals surface area contributed by atoms with Crippen LogP contribution in [0.2, 0.25) is 5.02 Å². The van der Waals surface area contributed by atoms with Gasteiger partial charge in [0.2, 0.25) is 0 Å². The van der Waals surface area contributed by atoms with Crippen molar-refractivity contribution >= 4 is 29.6 Å². The lowest BCUT2D eigenvalue weighted by Crippen LogP contribution is -2.41. The lowest BCUT2D eigenvalue weighted by Gasteiger charge is -2.29. The monoisotopic (exact) mass is 420 g/mol. The molecule has 0 amide bonds. The highest BCUT2D eigenvalue weighted by Gasteiger charge is 2.39. The van der Waals surface area contributed by atoms with Gasteiger partial charge >= 0.3 is 11.9 Å². The van der Waals surface area contributed by atoms with Crippen LogP contribution >= 0.6 is 11.6 Å². The molecule has 2 aromatic rings. The summed E-state index contributed by atoms with van der Waals surface area (Å²) in [6.45, 7) is 2.94. The molecule has 2 aromatic carbocycles. The number of methoxy groups -OCH3 is 1. The third kappa shape index (κ3) is 4.68. The van der Waals surface area contributed by atoms with Crippen molar-refractivity contribution in [2.45, 2.75) is 26.2 Å². The number of cyclic esters (lactones) is 2. The van der Waals surface area contributed by atoms with Crippen LogP contribution in [-0.2, 0) is 25.7 Å². The Hall–Kier alpha value is -3.06. The molecule has 1 heterocycles. The van der Waals surface area contributed by atoms with Crippen molar-refractivity contribution in [3.63, 3.8) is 0 Å². The van der Waals surface area contributed by atoms with E-state index in [0.717, 1.165) is 0 Å². The van der Waals surface area contributed by atoms with Crippen molar-refractivity contribution in [1.82, 2.24) is 0 Å². The van der Waals surface area contributed by atoms with Gasteiger partial charge in [-0.15, -0.1) is 0 Å². The maximum atomic E-state index is 13.2. The fourth-order valence-electron chi connectivity index (χ4n) is 2.68. The average molecular weight is 421 g/mol. The molecule has 8 heteroatoms. The Bertz CT molecular complexity index is 977. The summed E-state index contributed by atoms with van der Waals surface area (Å²) in [5.41, 5.74) is 0.671. The minimum absolute atomic E-state index is 0.0115. The van der Waals surface area contributed by atoms with E-state index in [1.807, 2.05) is 0 Å². The van der Waals surface area contributed by atoms with Crippen molar-refractivity contribution in [2.75, 3.05) is 7.11 Å². The van der Waals surface area contributed by atoms with E-state index in [1.165, 1.54) is 45.2 Å². The van der Waals surface area contributed by atoms with Crippen LogP contribution in [0.4, 0.5) is 4.39 Å². The number of rotatable bonds is 5. The van der Waals surface area contributed by atoms with Crippen LogP contribution in [0.25, 0.3) is 6.08 Å². The minimum atomic E-state index is -1.33. The lowest BCUT2D eigenvalue weighted by atomic mass is 10.1. The molecule has 29 heavy (non-hydrogen) atoms. The Morgan fingerprint density at radius 2 is 1.83 bits per heavy atom. The van der Waals surface area contributed by atoms with Crippen LogP contribution in [0.1, 0.15) is 25.0 Å². The highest BCUT2D eigenvalue weighted by molar-refractivity contribution is 6.31. The zero-order chi connectivity index (χ0) is 21.2. The second kappa shape index (κ2) is 8.13. The van der Waals surface area contributed by atoms with Gasteiger partial charge in [-0.25, -0.2) is 14.0 Å². The topological polar surface area (TPSA) is 71.1 Å². The highest BCUT2D eigenvalue weighted by atomic mass is 35.5. The van der Waals surface area contributed by atoms with Gasteiger partial charge in [0.1, 0.15) is 18.0 Å². The maximum absolute atomic E-state index is 13.2. The smallest absolute Gasteiger partial charge is 0.348 e. The zero-order valence-corrected chi connectivity index (χ0v) is 16.7. The Morgan fingerprint density at radius 3 is 2.45 bits per heavy atom. The summed E-state index contributed by atoms with van der Waals surface area (Å²) in [4.78, 5) is 24.5. The van der Waals surface area contributed by atoms with Gasteiger partial charge in [0.25, 0.3) is 5.79 Å². The van der Waals surface area contributed by atoms with Crippen molar-refractivity contribution < 1.29 is 32.9 Å². The molecule has 0 radical (unpaired) electrons. The number of carbonyl (C=O) groups is 2. The van der Waals surface area contributed by atoms with Gasteiger partial charge in [-0.05, 0) is 24.3 Å². The molecule has 0 saturated carbocycles. The Balaban J connectivity index is 1.94. The van der Waals surface area contributed by atoms with E-state index < -0.39 is 23.5 Å². The molecule has 6 nitrogen and oxygen atoms in total. The van der Waals surface area contributed by atoms with Crippen LogP contribution < -0.4 is 9.47 Å². The molecule has 0 atom stereocenters. The van der Waals surface area contributed by atoms with Gasteiger partial charge in [-0.1, -0.05) is 29.8 Å². The third-order valence-electron chi connectivity index (χ3n) is 4.03. The van der Waals surface area contributed by atoms with Gasteiger partial charge in [0, 0.05) is 25.0 Å². The molecule has 152 valence electrons. The van der Waals surface area contributed by atoms with E-state index in [-0.39, 0.29) is 23.0 Å². The second-order valence-corrected chi connectivity index (χ2v) is 7.05.